The highest BCUT2D eigenvalue weighted by atomic mass is 16.5. The maximum atomic E-state index is 13.8. The molecule has 0 spiro atoms. The molecule has 0 saturated heterocycles. The number of alkyl carbamates (subject to hydrolysis) is 1. The summed E-state index contributed by atoms with van der Waals surface area (Å²) in [6, 6.07) is 22.2. The zero-order valence-corrected chi connectivity index (χ0v) is 29.8. The van der Waals surface area contributed by atoms with Gasteiger partial charge in [0.05, 0.1) is 0 Å². The highest BCUT2D eigenvalue weighted by molar-refractivity contribution is 5.93. The van der Waals surface area contributed by atoms with E-state index < -0.39 is 42.0 Å². The maximum Gasteiger partial charge on any atom is 0.407 e. The highest BCUT2D eigenvalue weighted by Gasteiger charge is 2.33. The van der Waals surface area contributed by atoms with Gasteiger partial charge in [-0.05, 0) is 58.9 Å². The van der Waals surface area contributed by atoms with E-state index in [1.165, 1.54) is 0 Å². The summed E-state index contributed by atoms with van der Waals surface area (Å²) in [5.41, 5.74) is 16.1. The SMILES string of the molecule is CC(C)C[C@@H](NC(=O)OCC1c2ccccc2-c2ccccc21)C(=O)N[C@@H](CCCN=C(N)N)C(=O)N[C@@H](C(=O)OCc1ccccc1)C(C)C. The lowest BCUT2D eigenvalue weighted by atomic mass is 9.98. The van der Waals surface area contributed by atoms with Crippen molar-refractivity contribution in [3.8, 4) is 11.1 Å². The number of guanidine groups is 1. The van der Waals surface area contributed by atoms with Crippen LogP contribution < -0.4 is 27.4 Å². The van der Waals surface area contributed by atoms with Gasteiger partial charge >= 0.3 is 12.1 Å². The average molecular weight is 699 g/mol. The van der Waals surface area contributed by atoms with E-state index in [1.807, 2.05) is 80.6 Å². The smallest absolute Gasteiger partial charge is 0.407 e. The third-order valence-electron chi connectivity index (χ3n) is 8.68. The summed E-state index contributed by atoms with van der Waals surface area (Å²) >= 11 is 0. The second-order valence-corrected chi connectivity index (χ2v) is 13.5. The minimum absolute atomic E-state index is 0.0217. The number of hydrogen-bond acceptors (Lipinski definition) is 7. The molecule has 0 aliphatic heterocycles. The second kappa shape index (κ2) is 18.6. The minimum atomic E-state index is -1.06. The Hall–Kier alpha value is -5.39. The standard InChI is InChI=1S/C39H50N6O6/c1-24(2)21-33(44-39(49)51-23-31-29-17-10-8-15-27(29)28-16-9-11-18-30(28)31)36(47)43-32(19-12-20-42-38(40)41)35(46)45-34(25(3)4)37(48)50-22-26-13-6-5-7-14-26/h5-11,13-18,24-25,31-34H,12,19-23H2,1-4H3,(H,43,47)(H,44,49)(H,45,46)(H4,40,41,42)/t32-,33+,34+/m0/s1. The van der Waals surface area contributed by atoms with Crippen LogP contribution in [0.25, 0.3) is 11.1 Å². The summed E-state index contributed by atoms with van der Waals surface area (Å²) in [5.74, 6) is -2.26. The van der Waals surface area contributed by atoms with Gasteiger partial charge in [-0.3, -0.25) is 14.6 Å². The Balaban J connectivity index is 1.43. The van der Waals surface area contributed by atoms with Gasteiger partial charge in [-0.2, -0.15) is 0 Å². The molecule has 0 fully saturated rings. The topological polar surface area (TPSA) is 187 Å². The Morgan fingerprint density at radius 1 is 0.745 bits per heavy atom. The van der Waals surface area contributed by atoms with Crippen LogP contribution in [0, 0.1) is 11.8 Å². The number of nitrogens with two attached hydrogens (primary N) is 2. The van der Waals surface area contributed by atoms with Gasteiger partial charge in [0.2, 0.25) is 11.8 Å². The van der Waals surface area contributed by atoms with Gasteiger partial charge < -0.3 is 36.9 Å². The number of carbonyl (C=O) groups is 4. The van der Waals surface area contributed by atoms with E-state index in [9.17, 15) is 19.2 Å². The van der Waals surface area contributed by atoms with Crippen LogP contribution in [0.4, 0.5) is 4.79 Å². The summed E-state index contributed by atoms with van der Waals surface area (Å²) in [6.45, 7) is 7.79. The number of fused-ring (bicyclic) bond motifs is 3. The molecule has 3 amide bonds. The lowest BCUT2D eigenvalue weighted by Gasteiger charge is -2.27. The minimum Gasteiger partial charge on any atom is -0.459 e. The third kappa shape index (κ3) is 11.1. The molecule has 0 radical (unpaired) electrons. The van der Waals surface area contributed by atoms with Crippen LogP contribution in [0.1, 0.15) is 69.6 Å². The summed E-state index contributed by atoms with van der Waals surface area (Å²) in [5, 5.41) is 8.29. The van der Waals surface area contributed by atoms with Crippen LogP contribution in [-0.2, 0) is 30.5 Å². The normalized spacial score (nSPS) is 13.7. The summed E-state index contributed by atoms with van der Waals surface area (Å²) < 4.78 is 11.2. The van der Waals surface area contributed by atoms with Gasteiger partial charge in [0.25, 0.3) is 0 Å². The Morgan fingerprint density at radius 3 is 1.92 bits per heavy atom. The van der Waals surface area contributed by atoms with Gasteiger partial charge in [-0.25, -0.2) is 9.59 Å². The van der Waals surface area contributed by atoms with Gasteiger partial charge in [-0.1, -0.05) is 107 Å². The van der Waals surface area contributed by atoms with Crippen molar-refractivity contribution >= 4 is 29.8 Å². The molecule has 3 aromatic carbocycles. The van der Waals surface area contributed by atoms with Crippen LogP contribution in [0.2, 0.25) is 0 Å². The van der Waals surface area contributed by atoms with Crippen molar-refractivity contribution < 1.29 is 28.7 Å². The van der Waals surface area contributed by atoms with Crippen LogP contribution in [0.3, 0.4) is 0 Å². The van der Waals surface area contributed by atoms with Crippen molar-refractivity contribution in [1.29, 1.82) is 0 Å². The van der Waals surface area contributed by atoms with E-state index in [-0.39, 0.29) is 49.9 Å². The molecule has 3 atom stereocenters. The second-order valence-electron chi connectivity index (χ2n) is 13.5. The molecule has 1 aliphatic rings. The van der Waals surface area contributed by atoms with E-state index in [2.05, 4.69) is 33.1 Å². The maximum absolute atomic E-state index is 13.8. The number of benzene rings is 3. The van der Waals surface area contributed by atoms with Crippen molar-refractivity contribution in [2.45, 2.75) is 77.6 Å². The Bertz CT molecular complexity index is 1630. The number of rotatable bonds is 17. The number of amides is 3. The summed E-state index contributed by atoms with van der Waals surface area (Å²) in [7, 11) is 0. The van der Waals surface area contributed by atoms with Crippen molar-refractivity contribution in [2.24, 2.45) is 28.3 Å². The van der Waals surface area contributed by atoms with E-state index in [0.717, 1.165) is 27.8 Å². The Kier molecular flexibility index (Phi) is 14.0. The first kappa shape index (κ1) is 38.4. The van der Waals surface area contributed by atoms with Gasteiger partial charge in [0.15, 0.2) is 5.96 Å². The molecule has 7 N–H and O–H groups in total. The van der Waals surface area contributed by atoms with E-state index in [1.54, 1.807) is 13.8 Å². The highest BCUT2D eigenvalue weighted by Crippen LogP contribution is 2.44. The lowest BCUT2D eigenvalue weighted by molar-refractivity contribution is -0.150. The molecule has 1 aliphatic carbocycles. The number of carbonyl (C=O) groups excluding carboxylic acids is 4. The molecule has 3 aromatic rings. The van der Waals surface area contributed by atoms with Crippen molar-refractivity contribution in [3.63, 3.8) is 0 Å². The fraction of sp³-hybridized carbons (Fsp3) is 0.410. The zero-order chi connectivity index (χ0) is 36.9. The zero-order valence-electron chi connectivity index (χ0n) is 29.8. The summed E-state index contributed by atoms with van der Waals surface area (Å²) in [6.07, 6.45) is 0.0685. The van der Waals surface area contributed by atoms with Crippen LogP contribution in [0.15, 0.2) is 83.9 Å². The molecule has 12 heteroatoms. The van der Waals surface area contributed by atoms with Gasteiger partial charge in [-0.15, -0.1) is 0 Å². The number of hydrogen-bond donors (Lipinski definition) is 5. The van der Waals surface area contributed by atoms with Crippen LogP contribution in [0.5, 0.6) is 0 Å². The predicted molar refractivity (Wildman–Crippen MR) is 196 cm³/mol. The molecule has 0 saturated carbocycles. The van der Waals surface area contributed by atoms with Gasteiger partial charge in [0.1, 0.15) is 31.3 Å². The number of ether oxygens (including phenoxy) is 2. The Morgan fingerprint density at radius 2 is 1.33 bits per heavy atom. The molecule has 0 bridgehead atoms. The van der Waals surface area contributed by atoms with Crippen molar-refractivity contribution in [2.75, 3.05) is 13.2 Å². The number of aliphatic imine (C=N–C) groups is 1. The molecule has 12 nitrogen and oxygen atoms in total. The number of nitrogens with one attached hydrogen (secondary N) is 3. The first-order chi connectivity index (χ1) is 24.4. The van der Waals surface area contributed by atoms with Crippen molar-refractivity contribution in [3.05, 3.63) is 95.6 Å². The average Bonchev–Trinajstić information content (AvgIpc) is 3.42. The van der Waals surface area contributed by atoms with Crippen LogP contribution in [-0.4, -0.2) is 61.1 Å². The number of nitrogens with zero attached hydrogens (tertiary/aromatic N) is 1. The van der Waals surface area contributed by atoms with E-state index in [4.69, 9.17) is 20.9 Å². The quantitative estimate of drug-likeness (QED) is 0.0595. The predicted octanol–water partition coefficient (Wildman–Crippen LogP) is 4.36. The molecular weight excluding hydrogens is 648 g/mol. The largest absolute Gasteiger partial charge is 0.459 e. The number of esters is 1. The fourth-order valence-electron chi connectivity index (χ4n) is 6.10. The van der Waals surface area contributed by atoms with E-state index in [0.29, 0.717) is 12.8 Å². The molecule has 51 heavy (non-hydrogen) atoms. The molecular formula is C39H50N6O6. The molecule has 4 rings (SSSR count). The molecule has 0 aromatic heterocycles. The molecule has 0 heterocycles. The fourth-order valence-corrected chi connectivity index (χ4v) is 6.10. The van der Waals surface area contributed by atoms with Crippen LogP contribution >= 0.6 is 0 Å². The molecule has 272 valence electrons. The monoisotopic (exact) mass is 698 g/mol. The molecule has 0 unspecified atom stereocenters. The first-order valence-electron chi connectivity index (χ1n) is 17.4. The first-order valence-corrected chi connectivity index (χ1v) is 17.4. The van der Waals surface area contributed by atoms with Gasteiger partial charge in [0, 0.05) is 12.5 Å². The van der Waals surface area contributed by atoms with Crippen molar-refractivity contribution in [1.82, 2.24) is 16.0 Å². The third-order valence-corrected chi connectivity index (χ3v) is 8.68. The van der Waals surface area contributed by atoms with E-state index >= 15 is 0 Å². The lowest BCUT2D eigenvalue weighted by Crippen LogP contribution is -2.57. The summed E-state index contributed by atoms with van der Waals surface area (Å²) in [4.78, 5) is 57.7. The Labute approximate surface area is 299 Å².